The van der Waals surface area contributed by atoms with E-state index in [0.29, 0.717) is 11.9 Å². The molecule has 0 fully saturated rings. The van der Waals surface area contributed by atoms with E-state index < -0.39 is 5.97 Å². The number of hydrogen-bond donors (Lipinski definition) is 2. The molecular formula is C11H11NO3. The van der Waals surface area contributed by atoms with Gasteiger partial charge in [-0.1, -0.05) is 0 Å². The highest BCUT2D eigenvalue weighted by atomic mass is 16.4. The minimum atomic E-state index is -0.946. The second-order valence-corrected chi connectivity index (χ2v) is 3.34. The molecule has 0 spiro atoms. The molecule has 2 rings (SSSR count). The quantitative estimate of drug-likeness (QED) is 0.788. The third kappa shape index (κ3) is 1.44. The van der Waals surface area contributed by atoms with Gasteiger partial charge in [0.25, 0.3) is 0 Å². The molecule has 4 heteroatoms. The van der Waals surface area contributed by atoms with Crippen LogP contribution in [0.2, 0.25) is 0 Å². The molecule has 4 nitrogen and oxygen atoms in total. The van der Waals surface area contributed by atoms with Crippen molar-refractivity contribution in [2.45, 2.75) is 13.5 Å². The number of carboxylic acids is 1. The number of nitrogens with zero attached hydrogens (tertiary/aromatic N) is 1. The number of aromatic nitrogens is 1. The molecule has 0 amide bonds. The fourth-order valence-corrected chi connectivity index (χ4v) is 1.71. The van der Waals surface area contributed by atoms with E-state index in [2.05, 4.69) is 0 Å². The van der Waals surface area contributed by atoms with Crippen molar-refractivity contribution in [2.24, 2.45) is 0 Å². The number of fused-ring (bicyclic) bond motifs is 1. The Morgan fingerprint density at radius 1 is 1.47 bits per heavy atom. The average molecular weight is 205 g/mol. The fraction of sp³-hybridized carbons (Fsp3) is 0.182. The lowest BCUT2D eigenvalue weighted by Crippen LogP contribution is -1.94. The summed E-state index contributed by atoms with van der Waals surface area (Å²) in [6.45, 7) is 2.60. The molecule has 15 heavy (non-hydrogen) atoms. The Kier molecular flexibility index (Phi) is 2.11. The van der Waals surface area contributed by atoms with Crippen LogP contribution in [0.5, 0.6) is 5.75 Å². The minimum absolute atomic E-state index is 0.146. The highest BCUT2D eigenvalue weighted by Crippen LogP contribution is 2.25. The Balaban J connectivity index is 2.81. The van der Waals surface area contributed by atoms with Crippen LogP contribution in [0.4, 0.5) is 0 Å². The average Bonchev–Trinajstić information content (AvgIpc) is 2.55. The molecule has 0 atom stereocenters. The first-order valence-corrected chi connectivity index (χ1v) is 4.68. The van der Waals surface area contributed by atoms with E-state index in [1.165, 1.54) is 6.07 Å². The summed E-state index contributed by atoms with van der Waals surface area (Å²) >= 11 is 0. The molecule has 78 valence electrons. The first-order valence-electron chi connectivity index (χ1n) is 4.68. The molecule has 0 saturated heterocycles. The van der Waals surface area contributed by atoms with Gasteiger partial charge in [-0.25, -0.2) is 4.79 Å². The number of hydrogen-bond acceptors (Lipinski definition) is 2. The fourth-order valence-electron chi connectivity index (χ4n) is 1.71. The maximum atomic E-state index is 11.0. The first kappa shape index (κ1) is 9.58. The zero-order valence-electron chi connectivity index (χ0n) is 8.27. The molecule has 0 bridgehead atoms. The molecule has 1 aromatic heterocycles. The van der Waals surface area contributed by atoms with Gasteiger partial charge in [0, 0.05) is 24.2 Å². The number of phenols is 1. The Labute approximate surface area is 86.4 Å². The standard InChI is InChI=1S/C11H11NO3/c1-2-12-6-9(11(14)15)8-4-3-7(13)5-10(8)12/h3-6,13H,2H2,1H3,(H,14,15). The van der Waals surface area contributed by atoms with E-state index in [9.17, 15) is 9.90 Å². The summed E-state index contributed by atoms with van der Waals surface area (Å²) in [6.07, 6.45) is 1.59. The summed E-state index contributed by atoms with van der Waals surface area (Å²) in [7, 11) is 0. The molecule has 0 saturated carbocycles. The van der Waals surface area contributed by atoms with Gasteiger partial charge in [0.1, 0.15) is 5.75 Å². The smallest absolute Gasteiger partial charge is 0.337 e. The van der Waals surface area contributed by atoms with Crippen LogP contribution in [-0.2, 0) is 6.54 Å². The maximum absolute atomic E-state index is 11.0. The first-order chi connectivity index (χ1) is 7.13. The summed E-state index contributed by atoms with van der Waals surface area (Å²) in [4.78, 5) is 11.0. The second kappa shape index (κ2) is 3.31. The van der Waals surface area contributed by atoms with E-state index in [1.807, 2.05) is 6.92 Å². The second-order valence-electron chi connectivity index (χ2n) is 3.34. The third-order valence-corrected chi connectivity index (χ3v) is 2.44. The Morgan fingerprint density at radius 2 is 2.20 bits per heavy atom. The van der Waals surface area contributed by atoms with Crippen molar-refractivity contribution < 1.29 is 15.0 Å². The molecule has 0 radical (unpaired) electrons. The van der Waals surface area contributed by atoms with E-state index in [0.717, 1.165) is 5.52 Å². The van der Waals surface area contributed by atoms with Gasteiger partial charge in [-0.15, -0.1) is 0 Å². The molecule has 0 aliphatic rings. The predicted molar refractivity (Wildman–Crippen MR) is 56.2 cm³/mol. The van der Waals surface area contributed by atoms with Crippen LogP contribution in [0.3, 0.4) is 0 Å². The van der Waals surface area contributed by atoms with Crippen molar-refractivity contribution in [1.29, 1.82) is 0 Å². The van der Waals surface area contributed by atoms with Crippen LogP contribution in [-0.4, -0.2) is 20.7 Å². The van der Waals surface area contributed by atoms with Crippen LogP contribution < -0.4 is 0 Å². The van der Waals surface area contributed by atoms with Gasteiger partial charge in [-0.3, -0.25) is 0 Å². The maximum Gasteiger partial charge on any atom is 0.337 e. The monoisotopic (exact) mass is 205 g/mol. The molecule has 0 aliphatic carbocycles. The Morgan fingerprint density at radius 3 is 2.80 bits per heavy atom. The van der Waals surface area contributed by atoms with Gasteiger partial charge in [0.05, 0.1) is 11.1 Å². The van der Waals surface area contributed by atoms with Crippen molar-refractivity contribution in [2.75, 3.05) is 0 Å². The van der Waals surface area contributed by atoms with Gasteiger partial charge in [0.15, 0.2) is 0 Å². The Hall–Kier alpha value is -1.97. The van der Waals surface area contributed by atoms with E-state index in [1.54, 1.807) is 22.9 Å². The highest BCUT2D eigenvalue weighted by Gasteiger charge is 2.13. The van der Waals surface area contributed by atoms with Crippen molar-refractivity contribution in [3.8, 4) is 5.75 Å². The van der Waals surface area contributed by atoms with Crippen LogP contribution in [0, 0.1) is 0 Å². The lowest BCUT2D eigenvalue weighted by Gasteiger charge is -1.99. The predicted octanol–water partition coefficient (Wildman–Crippen LogP) is 2.06. The molecule has 2 N–H and O–H groups in total. The van der Waals surface area contributed by atoms with Gasteiger partial charge >= 0.3 is 5.97 Å². The van der Waals surface area contributed by atoms with E-state index >= 15 is 0 Å². The zero-order valence-corrected chi connectivity index (χ0v) is 8.27. The van der Waals surface area contributed by atoms with Crippen molar-refractivity contribution in [1.82, 2.24) is 4.57 Å². The lowest BCUT2D eigenvalue weighted by molar-refractivity contribution is 0.0699. The number of benzene rings is 1. The number of carboxylic acid groups (broad SMARTS) is 1. The molecule has 0 aliphatic heterocycles. The summed E-state index contributed by atoms with van der Waals surface area (Å²) in [5.41, 5.74) is 1.02. The largest absolute Gasteiger partial charge is 0.508 e. The molecule has 2 aromatic rings. The number of carbonyl (C=O) groups is 1. The van der Waals surface area contributed by atoms with Crippen molar-refractivity contribution in [3.05, 3.63) is 30.0 Å². The van der Waals surface area contributed by atoms with E-state index in [-0.39, 0.29) is 11.3 Å². The number of phenolic OH excluding ortho intramolecular Hbond substituents is 1. The Bertz CT molecular complexity index is 528. The highest BCUT2D eigenvalue weighted by molar-refractivity contribution is 6.03. The number of aryl methyl sites for hydroxylation is 1. The summed E-state index contributed by atoms with van der Waals surface area (Å²) < 4.78 is 1.80. The minimum Gasteiger partial charge on any atom is -0.508 e. The topological polar surface area (TPSA) is 62.5 Å². The van der Waals surface area contributed by atoms with Crippen molar-refractivity contribution in [3.63, 3.8) is 0 Å². The van der Waals surface area contributed by atoms with Crippen LogP contribution >= 0.6 is 0 Å². The molecule has 1 heterocycles. The van der Waals surface area contributed by atoms with Crippen LogP contribution in [0.25, 0.3) is 10.9 Å². The van der Waals surface area contributed by atoms with E-state index in [4.69, 9.17) is 5.11 Å². The third-order valence-electron chi connectivity index (χ3n) is 2.44. The molecule has 0 unspecified atom stereocenters. The number of aromatic carboxylic acids is 1. The van der Waals surface area contributed by atoms with Gasteiger partial charge in [-0.05, 0) is 19.1 Å². The summed E-state index contributed by atoms with van der Waals surface area (Å²) in [5.74, 6) is -0.801. The summed E-state index contributed by atoms with van der Waals surface area (Å²) in [5, 5.41) is 19.0. The summed E-state index contributed by atoms with van der Waals surface area (Å²) in [6, 6.07) is 4.69. The van der Waals surface area contributed by atoms with Gasteiger partial charge < -0.3 is 14.8 Å². The SMILES string of the molecule is CCn1cc(C(=O)O)c2ccc(O)cc21. The molecular weight excluding hydrogens is 194 g/mol. The number of rotatable bonds is 2. The van der Waals surface area contributed by atoms with Gasteiger partial charge in [-0.2, -0.15) is 0 Å². The normalized spacial score (nSPS) is 10.7. The zero-order chi connectivity index (χ0) is 11.0. The lowest BCUT2D eigenvalue weighted by atomic mass is 10.2. The number of aromatic hydroxyl groups is 1. The van der Waals surface area contributed by atoms with Crippen LogP contribution in [0.1, 0.15) is 17.3 Å². The van der Waals surface area contributed by atoms with Crippen molar-refractivity contribution >= 4 is 16.9 Å². The van der Waals surface area contributed by atoms with Gasteiger partial charge in [0.2, 0.25) is 0 Å². The molecule has 1 aromatic carbocycles. The van der Waals surface area contributed by atoms with Crippen LogP contribution in [0.15, 0.2) is 24.4 Å².